The molecule has 4 nitrogen and oxygen atoms in total. The van der Waals surface area contributed by atoms with Crippen molar-refractivity contribution < 1.29 is 8.42 Å². The Morgan fingerprint density at radius 3 is 2.95 bits per heavy atom. The minimum atomic E-state index is -3.34. The zero-order chi connectivity index (χ0) is 13.9. The van der Waals surface area contributed by atoms with E-state index < -0.39 is 10.0 Å². The summed E-state index contributed by atoms with van der Waals surface area (Å²) in [6, 6.07) is 7.19. The Kier molecular flexibility index (Phi) is 4.89. The van der Waals surface area contributed by atoms with Gasteiger partial charge in [0.15, 0.2) is 0 Å². The summed E-state index contributed by atoms with van der Waals surface area (Å²) in [5.41, 5.74) is 0.989. The number of rotatable bonds is 4. The fraction of sp³-hybridized carbons (Fsp3) is 0.538. The molecular formula is C13H20N2O2S2. The second-order valence-electron chi connectivity index (χ2n) is 4.72. The van der Waals surface area contributed by atoms with E-state index in [1.807, 2.05) is 30.9 Å². The molecule has 1 aromatic rings. The number of hydrogen-bond acceptors (Lipinski definition) is 4. The summed E-state index contributed by atoms with van der Waals surface area (Å²) in [5, 5.41) is 3.40. The van der Waals surface area contributed by atoms with E-state index in [2.05, 4.69) is 12.2 Å². The average molecular weight is 300 g/mol. The third kappa shape index (κ3) is 3.51. The standard InChI is InChI=1S/C13H20N2O2S2/c1-11-10-15(6-7-18-11)19(16,17)13-5-3-4-12(8-13)9-14-2/h3-5,8,11,14H,6-7,9-10H2,1-2H3. The number of nitrogens with zero attached hydrogens (tertiary/aromatic N) is 1. The van der Waals surface area contributed by atoms with Crippen LogP contribution in [0.3, 0.4) is 0 Å². The Hall–Kier alpha value is -0.560. The van der Waals surface area contributed by atoms with Gasteiger partial charge in [0, 0.05) is 30.6 Å². The van der Waals surface area contributed by atoms with Crippen LogP contribution in [0.2, 0.25) is 0 Å². The van der Waals surface area contributed by atoms with Crippen molar-refractivity contribution in [3.8, 4) is 0 Å². The zero-order valence-electron chi connectivity index (χ0n) is 11.3. The average Bonchev–Trinajstić information content (AvgIpc) is 2.39. The van der Waals surface area contributed by atoms with Crippen molar-refractivity contribution in [2.24, 2.45) is 0 Å². The molecule has 1 aliphatic rings. The number of sulfonamides is 1. The quantitative estimate of drug-likeness (QED) is 0.916. The first-order chi connectivity index (χ1) is 9.04. The molecule has 0 bridgehead atoms. The van der Waals surface area contributed by atoms with Gasteiger partial charge in [-0.25, -0.2) is 8.42 Å². The molecule has 0 amide bonds. The van der Waals surface area contributed by atoms with Crippen molar-refractivity contribution in [1.82, 2.24) is 9.62 Å². The molecule has 106 valence electrons. The topological polar surface area (TPSA) is 49.4 Å². The molecule has 1 aromatic carbocycles. The van der Waals surface area contributed by atoms with Crippen molar-refractivity contribution in [2.45, 2.75) is 23.6 Å². The van der Waals surface area contributed by atoms with Crippen molar-refractivity contribution >= 4 is 21.8 Å². The molecule has 2 rings (SSSR count). The highest BCUT2D eigenvalue weighted by molar-refractivity contribution is 8.00. The molecule has 1 heterocycles. The summed E-state index contributed by atoms with van der Waals surface area (Å²) in [5.74, 6) is 0.872. The van der Waals surface area contributed by atoms with E-state index in [0.29, 0.717) is 29.8 Å². The Labute approximate surface area is 119 Å². The largest absolute Gasteiger partial charge is 0.316 e. The van der Waals surface area contributed by atoms with Gasteiger partial charge in [-0.15, -0.1) is 0 Å². The molecule has 19 heavy (non-hydrogen) atoms. The predicted octanol–water partition coefficient (Wildman–Crippen LogP) is 1.53. The van der Waals surface area contributed by atoms with Crippen LogP contribution in [-0.2, 0) is 16.6 Å². The van der Waals surface area contributed by atoms with Crippen LogP contribution < -0.4 is 5.32 Å². The van der Waals surface area contributed by atoms with E-state index >= 15 is 0 Å². The summed E-state index contributed by atoms with van der Waals surface area (Å²) in [7, 11) is -1.49. The molecule has 6 heteroatoms. The van der Waals surface area contributed by atoms with Gasteiger partial charge < -0.3 is 5.32 Å². The van der Waals surface area contributed by atoms with Crippen LogP contribution in [0.15, 0.2) is 29.2 Å². The van der Waals surface area contributed by atoms with Gasteiger partial charge in [-0.1, -0.05) is 19.1 Å². The molecule has 0 radical (unpaired) electrons. The summed E-state index contributed by atoms with van der Waals surface area (Å²) >= 11 is 1.83. The first-order valence-electron chi connectivity index (χ1n) is 6.39. The third-order valence-corrected chi connectivity index (χ3v) is 6.12. The van der Waals surface area contributed by atoms with Crippen LogP contribution in [0.5, 0.6) is 0 Å². The molecule has 1 unspecified atom stereocenters. The fourth-order valence-electron chi connectivity index (χ4n) is 2.17. The molecule has 1 N–H and O–H groups in total. The monoisotopic (exact) mass is 300 g/mol. The van der Waals surface area contributed by atoms with Gasteiger partial charge in [-0.05, 0) is 24.7 Å². The van der Waals surface area contributed by atoms with E-state index in [-0.39, 0.29) is 0 Å². The molecule has 1 fully saturated rings. The van der Waals surface area contributed by atoms with Crippen molar-refractivity contribution in [2.75, 3.05) is 25.9 Å². The second-order valence-corrected chi connectivity index (χ2v) is 8.21. The lowest BCUT2D eigenvalue weighted by atomic mass is 10.2. The summed E-state index contributed by atoms with van der Waals surface area (Å²) in [4.78, 5) is 0.402. The number of hydrogen-bond donors (Lipinski definition) is 1. The maximum atomic E-state index is 12.6. The SMILES string of the molecule is CNCc1cccc(S(=O)(=O)N2CCSC(C)C2)c1. The van der Waals surface area contributed by atoms with E-state index in [9.17, 15) is 8.42 Å². The first-order valence-corrected chi connectivity index (χ1v) is 8.88. The molecule has 0 spiro atoms. The van der Waals surface area contributed by atoms with Crippen molar-refractivity contribution in [3.63, 3.8) is 0 Å². The van der Waals surface area contributed by atoms with E-state index in [0.717, 1.165) is 11.3 Å². The Morgan fingerprint density at radius 2 is 2.26 bits per heavy atom. The molecule has 0 saturated carbocycles. The van der Waals surface area contributed by atoms with Gasteiger partial charge in [0.05, 0.1) is 4.90 Å². The van der Waals surface area contributed by atoms with E-state index in [1.165, 1.54) is 0 Å². The Morgan fingerprint density at radius 1 is 1.47 bits per heavy atom. The lowest BCUT2D eigenvalue weighted by molar-refractivity contribution is 0.424. The molecule has 1 saturated heterocycles. The van der Waals surface area contributed by atoms with Crippen LogP contribution in [-0.4, -0.2) is 43.9 Å². The summed E-state index contributed by atoms with van der Waals surface area (Å²) in [6.07, 6.45) is 0. The number of thioether (sulfide) groups is 1. The lowest BCUT2D eigenvalue weighted by Crippen LogP contribution is -2.40. The summed E-state index contributed by atoms with van der Waals surface area (Å²) < 4.78 is 26.8. The molecule has 1 atom stereocenters. The van der Waals surface area contributed by atoms with Gasteiger partial charge in [0.1, 0.15) is 0 Å². The highest BCUT2D eigenvalue weighted by Gasteiger charge is 2.28. The third-order valence-electron chi connectivity index (χ3n) is 3.12. The number of benzene rings is 1. The van der Waals surface area contributed by atoms with Crippen molar-refractivity contribution in [1.29, 1.82) is 0 Å². The van der Waals surface area contributed by atoms with Crippen LogP contribution in [0.1, 0.15) is 12.5 Å². The molecule has 1 aliphatic heterocycles. The smallest absolute Gasteiger partial charge is 0.243 e. The predicted molar refractivity (Wildman–Crippen MR) is 79.9 cm³/mol. The Balaban J connectivity index is 2.25. The molecule has 0 aliphatic carbocycles. The minimum absolute atomic E-state index is 0.365. The Bertz CT molecular complexity index is 531. The van der Waals surface area contributed by atoms with Gasteiger partial charge in [-0.2, -0.15) is 16.1 Å². The van der Waals surface area contributed by atoms with Crippen molar-refractivity contribution in [3.05, 3.63) is 29.8 Å². The lowest BCUT2D eigenvalue weighted by Gasteiger charge is -2.29. The first kappa shape index (κ1) is 14.8. The zero-order valence-corrected chi connectivity index (χ0v) is 12.9. The minimum Gasteiger partial charge on any atom is -0.316 e. The van der Waals surface area contributed by atoms with Gasteiger partial charge >= 0.3 is 0 Å². The highest BCUT2D eigenvalue weighted by atomic mass is 32.2. The molecule has 0 aromatic heterocycles. The maximum Gasteiger partial charge on any atom is 0.243 e. The van der Waals surface area contributed by atoms with Gasteiger partial charge in [-0.3, -0.25) is 0 Å². The highest BCUT2D eigenvalue weighted by Crippen LogP contribution is 2.24. The van der Waals surface area contributed by atoms with Gasteiger partial charge in [0.25, 0.3) is 0 Å². The van der Waals surface area contributed by atoms with Crippen LogP contribution >= 0.6 is 11.8 Å². The van der Waals surface area contributed by atoms with Crippen LogP contribution in [0.4, 0.5) is 0 Å². The number of nitrogens with one attached hydrogen (secondary N) is 1. The van der Waals surface area contributed by atoms with Crippen LogP contribution in [0, 0.1) is 0 Å². The molecular weight excluding hydrogens is 280 g/mol. The normalized spacial score (nSPS) is 21.5. The van der Waals surface area contributed by atoms with Gasteiger partial charge in [0.2, 0.25) is 10.0 Å². The maximum absolute atomic E-state index is 12.6. The van der Waals surface area contributed by atoms with E-state index in [4.69, 9.17) is 0 Å². The van der Waals surface area contributed by atoms with Crippen LogP contribution in [0.25, 0.3) is 0 Å². The fourth-order valence-corrected chi connectivity index (χ4v) is 5.00. The second kappa shape index (κ2) is 6.26. The summed E-state index contributed by atoms with van der Waals surface area (Å²) in [6.45, 7) is 3.95. The van der Waals surface area contributed by atoms with E-state index in [1.54, 1.807) is 16.4 Å².